The summed E-state index contributed by atoms with van der Waals surface area (Å²) in [7, 11) is 1.68. The lowest BCUT2D eigenvalue weighted by Gasteiger charge is -2.10. The van der Waals surface area contributed by atoms with Crippen molar-refractivity contribution in [1.82, 2.24) is 15.1 Å². The first-order valence-corrected chi connectivity index (χ1v) is 5.47. The topological polar surface area (TPSA) is 84.2 Å². The second-order valence-electron chi connectivity index (χ2n) is 3.95. The molecule has 17 heavy (non-hydrogen) atoms. The second-order valence-corrected chi connectivity index (χ2v) is 3.95. The van der Waals surface area contributed by atoms with Crippen molar-refractivity contribution in [3.8, 4) is 0 Å². The normalized spacial score (nSPS) is 12.2. The summed E-state index contributed by atoms with van der Waals surface area (Å²) < 4.78 is 1.48. The van der Waals surface area contributed by atoms with Crippen molar-refractivity contribution in [3.05, 3.63) is 17.5 Å². The fourth-order valence-corrected chi connectivity index (χ4v) is 1.54. The molecule has 0 aromatic carbocycles. The lowest BCUT2D eigenvalue weighted by molar-refractivity contribution is -0.141. The molecule has 6 heteroatoms. The van der Waals surface area contributed by atoms with E-state index >= 15 is 0 Å². The van der Waals surface area contributed by atoms with Gasteiger partial charge < -0.3 is 10.4 Å². The fraction of sp³-hybridized carbons (Fsp3) is 0.545. The third kappa shape index (κ3) is 3.30. The highest BCUT2D eigenvalue weighted by molar-refractivity contribution is 5.92. The van der Waals surface area contributed by atoms with Gasteiger partial charge in [-0.3, -0.25) is 14.3 Å². The molecular weight excluding hydrogens is 222 g/mol. The van der Waals surface area contributed by atoms with Crippen LogP contribution in [0.4, 0.5) is 0 Å². The number of hydrogen-bond donors (Lipinski definition) is 2. The number of nitrogens with one attached hydrogen (secondary N) is 1. The van der Waals surface area contributed by atoms with Gasteiger partial charge in [0.2, 0.25) is 0 Å². The van der Waals surface area contributed by atoms with Gasteiger partial charge in [-0.1, -0.05) is 6.92 Å². The van der Waals surface area contributed by atoms with Gasteiger partial charge in [-0.2, -0.15) is 5.10 Å². The molecule has 94 valence electrons. The number of aromatic nitrogens is 2. The summed E-state index contributed by atoms with van der Waals surface area (Å²) >= 11 is 0. The van der Waals surface area contributed by atoms with E-state index in [0.29, 0.717) is 12.1 Å². The Morgan fingerprint density at radius 2 is 2.24 bits per heavy atom. The molecule has 1 heterocycles. The van der Waals surface area contributed by atoms with E-state index in [9.17, 15) is 9.59 Å². The summed E-state index contributed by atoms with van der Waals surface area (Å²) in [5, 5.41) is 15.5. The lowest BCUT2D eigenvalue weighted by atomic mass is 10.1. The Morgan fingerprint density at radius 1 is 1.59 bits per heavy atom. The summed E-state index contributed by atoms with van der Waals surface area (Å²) in [6.07, 6.45) is 0.486. The smallest absolute Gasteiger partial charge is 0.308 e. The standard InChI is InChI=1S/C11H17N3O3/c1-4-8(11(16)17)6-12-10(15)9-5-7(2)13-14(9)3/h5,8H,4,6H2,1-3H3,(H,12,15)(H,16,17). The summed E-state index contributed by atoms with van der Waals surface area (Å²) in [6.45, 7) is 3.71. The van der Waals surface area contributed by atoms with Gasteiger partial charge in [0, 0.05) is 13.6 Å². The Hall–Kier alpha value is -1.85. The number of amides is 1. The van der Waals surface area contributed by atoms with Crippen LogP contribution in [0.5, 0.6) is 0 Å². The van der Waals surface area contributed by atoms with E-state index in [1.165, 1.54) is 4.68 Å². The molecule has 2 N–H and O–H groups in total. The maximum Gasteiger partial charge on any atom is 0.308 e. The molecule has 1 unspecified atom stereocenters. The minimum Gasteiger partial charge on any atom is -0.481 e. The number of carboxylic acid groups (broad SMARTS) is 1. The van der Waals surface area contributed by atoms with Crippen molar-refractivity contribution in [2.24, 2.45) is 13.0 Å². The van der Waals surface area contributed by atoms with Gasteiger partial charge in [-0.15, -0.1) is 0 Å². The van der Waals surface area contributed by atoms with Crippen LogP contribution < -0.4 is 5.32 Å². The van der Waals surface area contributed by atoms with Crippen molar-refractivity contribution >= 4 is 11.9 Å². The minimum absolute atomic E-state index is 0.134. The molecule has 1 aromatic rings. The van der Waals surface area contributed by atoms with Crippen molar-refractivity contribution in [2.75, 3.05) is 6.54 Å². The molecule has 0 aliphatic heterocycles. The van der Waals surface area contributed by atoms with Gasteiger partial charge in [0.1, 0.15) is 5.69 Å². The van der Waals surface area contributed by atoms with Gasteiger partial charge in [0.05, 0.1) is 11.6 Å². The molecule has 0 saturated carbocycles. The first-order chi connectivity index (χ1) is 7.95. The first kappa shape index (κ1) is 13.2. The van der Waals surface area contributed by atoms with Crippen LogP contribution in [-0.2, 0) is 11.8 Å². The number of nitrogens with zero attached hydrogens (tertiary/aromatic N) is 2. The number of carbonyl (C=O) groups is 2. The van der Waals surface area contributed by atoms with Gasteiger partial charge in [0.15, 0.2) is 0 Å². The lowest BCUT2D eigenvalue weighted by Crippen LogP contribution is -2.33. The number of rotatable bonds is 5. The fourth-order valence-electron chi connectivity index (χ4n) is 1.54. The number of carboxylic acids is 1. The molecule has 0 spiro atoms. The van der Waals surface area contributed by atoms with Crippen LogP contribution in [0.15, 0.2) is 6.07 Å². The highest BCUT2D eigenvalue weighted by Gasteiger charge is 2.18. The van der Waals surface area contributed by atoms with Crippen molar-refractivity contribution in [2.45, 2.75) is 20.3 Å². The van der Waals surface area contributed by atoms with Crippen LogP contribution in [0.2, 0.25) is 0 Å². The van der Waals surface area contributed by atoms with Crippen LogP contribution in [0.3, 0.4) is 0 Å². The van der Waals surface area contributed by atoms with Crippen molar-refractivity contribution < 1.29 is 14.7 Å². The highest BCUT2D eigenvalue weighted by Crippen LogP contribution is 2.04. The molecule has 0 radical (unpaired) electrons. The second kappa shape index (κ2) is 5.47. The van der Waals surface area contributed by atoms with Crippen LogP contribution in [-0.4, -0.2) is 33.3 Å². The Kier molecular flexibility index (Phi) is 4.25. The average Bonchev–Trinajstić information content (AvgIpc) is 2.58. The molecule has 0 saturated heterocycles. The maximum absolute atomic E-state index is 11.8. The van der Waals surface area contributed by atoms with E-state index < -0.39 is 11.9 Å². The van der Waals surface area contributed by atoms with Crippen LogP contribution in [0.25, 0.3) is 0 Å². The number of hydrogen-bond acceptors (Lipinski definition) is 3. The molecule has 1 rings (SSSR count). The van der Waals surface area contributed by atoms with E-state index in [-0.39, 0.29) is 12.5 Å². The summed E-state index contributed by atoms with van der Waals surface area (Å²) in [5.74, 6) is -1.74. The van der Waals surface area contributed by atoms with Crippen LogP contribution >= 0.6 is 0 Å². The third-order valence-electron chi connectivity index (χ3n) is 2.59. The molecule has 0 aliphatic rings. The Labute approximate surface area is 99.6 Å². The molecule has 6 nitrogen and oxygen atoms in total. The molecule has 1 amide bonds. The van der Waals surface area contributed by atoms with E-state index in [1.807, 2.05) is 0 Å². The van der Waals surface area contributed by atoms with E-state index in [0.717, 1.165) is 5.69 Å². The van der Waals surface area contributed by atoms with E-state index in [2.05, 4.69) is 10.4 Å². The zero-order chi connectivity index (χ0) is 13.0. The number of aryl methyl sites for hydroxylation is 2. The van der Waals surface area contributed by atoms with E-state index in [1.54, 1.807) is 27.0 Å². The zero-order valence-corrected chi connectivity index (χ0v) is 10.2. The van der Waals surface area contributed by atoms with Gasteiger partial charge >= 0.3 is 5.97 Å². The molecule has 1 aromatic heterocycles. The SMILES string of the molecule is CCC(CNC(=O)c1cc(C)nn1C)C(=O)O. The minimum atomic E-state index is -0.894. The summed E-state index contributed by atoms with van der Waals surface area (Å²) in [5.41, 5.74) is 1.19. The molecule has 1 atom stereocenters. The number of aliphatic carboxylic acids is 1. The monoisotopic (exact) mass is 239 g/mol. The predicted molar refractivity (Wildman–Crippen MR) is 61.7 cm³/mol. The largest absolute Gasteiger partial charge is 0.481 e. The third-order valence-corrected chi connectivity index (χ3v) is 2.59. The maximum atomic E-state index is 11.8. The molecule has 0 fully saturated rings. The van der Waals surface area contributed by atoms with Gasteiger partial charge in [-0.25, -0.2) is 0 Å². The first-order valence-electron chi connectivity index (χ1n) is 5.47. The highest BCUT2D eigenvalue weighted by atomic mass is 16.4. The summed E-state index contributed by atoms with van der Waals surface area (Å²) in [6, 6.07) is 1.66. The zero-order valence-electron chi connectivity index (χ0n) is 10.2. The van der Waals surface area contributed by atoms with Crippen LogP contribution in [0, 0.1) is 12.8 Å². The van der Waals surface area contributed by atoms with Crippen molar-refractivity contribution in [3.63, 3.8) is 0 Å². The quantitative estimate of drug-likeness (QED) is 0.786. The summed E-state index contributed by atoms with van der Waals surface area (Å²) in [4.78, 5) is 22.5. The van der Waals surface area contributed by atoms with Gasteiger partial charge in [0.25, 0.3) is 5.91 Å². The average molecular weight is 239 g/mol. The number of carbonyl (C=O) groups excluding carboxylic acids is 1. The Morgan fingerprint density at radius 3 is 2.65 bits per heavy atom. The molecule has 0 bridgehead atoms. The Balaban J connectivity index is 2.61. The van der Waals surface area contributed by atoms with Crippen molar-refractivity contribution in [1.29, 1.82) is 0 Å². The predicted octanol–water partition coefficient (Wildman–Crippen LogP) is 0.569. The Bertz CT molecular complexity index is 426. The molecular formula is C11H17N3O3. The van der Waals surface area contributed by atoms with Gasteiger partial charge in [-0.05, 0) is 19.4 Å². The van der Waals surface area contributed by atoms with E-state index in [4.69, 9.17) is 5.11 Å². The van der Waals surface area contributed by atoms with Crippen LogP contribution in [0.1, 0.15) is 29.5 Å². The molecule has 0 aliphatic carbocycles.